The SMILES string of the molecule is Oc1ccc(-c2noc(C3CC(O)CN3)n2)cc1F. The van der Waals surface area contributed by atoms with Crippen molar-refractivity contribution in [2.75, 3.05) is 6.54 Å². The largest absolute Gasteiger partial charge is 0.505 e. The van der Waals surface area contributed by atoms with E-state index in [1.54, 1.807) is 0 Å². The van der Waals surface area contributed by atoms with Crippen molar-refractivity contribution in [3.63, 3.8) is 0 Å². The molecule has 2 unspecified atom stereocenters. The van der Waals surface area contributed by atoms with Crippen LogP contribution in [0.25, 0.3) is 11.4 Å². The molecule has 3 N–H and O–H groups in total. The third-order valence-corrected chi connectivity index (χ3v) is 3.05. The Morgan fingerprint density at radius 2 is 2.26 bits per heavy atom. The number of aromatic hydroxyl groups is 1. The molecule has 1 fully saturated rings. The van der Waals surface area contributed by atoms with Crippen LogP contribution in [0.4, 0.5) is 4.39 Å². The van der Waals surface area contributed by atoms with Gasteiger partial charge in [-0.15, -0.1) is 0 Å². The topological polar surface area (TPSA) is 91.4 Å². The average Bonchev–Trinajstić information content (AvgIpc) is 3.01. The molecule has 6 nitrogen and oxygen atoms in total. The molecule has 3 rings (SSSR count). The van der Waals surface area contributed by atoms with Crippen LogP contribution in [0.1, 0.15) is 18.4 Å². The van der Waals surface area contributed by atoms with Gasteiger partial charge < -0.3 is 20.1 Å². The molecule has 1 aromatic heterocycles. The summed E-state index contributed by atoms with van der Waals surface area (Å²) in [6.07, 6.45) is 0.0810. The third kappa shape index (κ3) is 2.29. The summed E-state index contributed by atoms with van der Waals surface area (Å²) < 4.78 is 18.3. The number of nitrogens with one attached hydrogen (secondary N) is 1. The number of aromatic nitrogens is 2. The van der Waals surface area contributed by atoms with Gasteiger partial charge in [0.15, 0.2) is 11.6 Å². The number of phenolic OH excluding ortho intramolecular Hbond substituents is 1. The molecule has 1 aliphatic heterocycles. The van der Waals surface area contributed by atoms with E-state index in [1.807, 2.05) is 0 Å². The standard InChI is InChI=1S/C12H12FN3O3/c13-8-3-6(1-2-10(8)18)11-15-12(19-16-11)9-4-7(17)5-14-9/h1-3,7,9,14,17-18H,4-5H2. The van der Waals surface area contributed by atoms with Gasteiger partial charge in [0.1, 0.15) is 0 Å². The van der Waals surface area contributed by atoms with Crippen LogP contribution in [0.5, 0.6) is 5.75 Å². The van der Waals surface area contributed by atoms with Crippen molar-refractivity contribution in [2.45, 2.75) is 18.6 Å². The van der Waals surface area contributed by atoms with Gasteiger partial charge in [0.25, 0.3) is 0 Å². The highest BCUT2D eigenvalue weighted by molar-refractivity contribution is 5.55. The second-order valence-electron chi connectivity index (χ2n) is 4.47. The Hall–Kier alpha value is -1.99. The quantitative estimate of drug-likeness (QED) is 0.749. The van der Waals surface area contributed by atoms with Gasteiger partial charge in [-0.25, -0.2) is 4.39 Å². The van der Waals surface area contributed by atoms with Gasteiger partial charge in [-0.05, 0) is 24.6 Å². The molecule has 1 aliphatic rings. The summed E-state index contributed by atoms with van der Waals surface area (Å²) in [6.45, 7) is 0.482. The van der Waals surface area contributed by atoms with Crippen molar-refractivity contribution in [1.29, 1.82) is 0 Å². The monoisotopic (exact) mass is 265 g/mol. The van der Waals surface area contributed by atoms with Crippen LogP contribution in [-0.2, 0) is 0 Å². The summed E-state index contributed by atoms with van der Waals surface area (Å²) >= 11 is 0. The lowest BCUT2D eigenvalue weighted by Gasteiger charge is -2.01. The number of nitrogens with zero attached hydrogens (tertiary/aromatic N) is 2. The van der Waals surface area contributed by atoms with Crippen molar-refractivity contribution < 1.29 is 19.1 Å². The molecule has 0 bridgehead atoms. The van der Waals surface area contributed by atoms with Crippen molar-refractivity contribution in [1.82, 2.24) is 15.5 Å². The van der Waals surface area contributed by atoms with Crippen molar-refractivity contribution in [2.24, 2.45) is 0 Å². The Morgan fingerprint density at radius 3 is 2.95 bits per heavy atom. The van der Waals surface area contributed by atoms with E-state index < -0.39 is 17.7 Å². The Kier molecular flexibility index (Phi) is 2.92. The van der Waals surface area contributed by atoms with Crippen LogP contribution in [0.15, 0.2) is 22.7 Å². The second kappa shape index (κ2) is 4.60. The molecule has 2 aromatic rings. The summed E-state index contributed by atoms with van der Waals surface area (Å²) in [6, 6.07) is 3.70. The molecular weight excluding hydrogens is 253 g/mol. The molecule has 0 spiro atoms. The van der Waals surface area contributed by atoms with Crippen LogP contribution in [0.3, 0.4) is 0 Å². The van der Waals surface area contributed by atoms with Crippen molar-refractivity contribution in [3.05, 3.63) is 29.9 Å². The minimum absolute atomic E-state index is 0.182. The number of phenols is 1. The van der Waals surface area contributed by atoms with E-state index in [4.69, 9.17) is 9.63 Å². The summed E-state index contributed by atoms with van der Waals surface area (Å²) in [5, 5.41) is 25.4. The Balaban J connectivity index is 1.86. The maximum atomic E-state index is 13.2. The molecule has 100 valence electrons. The number of rotatable bonds is 2. The smallest absolute Gasteiger partial charge is 0.244 e. The molecule has 0 radical (unpaired) electrons. The highest BCUT2D eigenvalue weighted by atomic mass is 19.1. The van der Waals surface area contributed by atoms with Gasteiger partial charge in [-0.2, -0.15) is 4.98 Å². The number of halogens is 1. The van der Waals surface area contributed by atoms with Gasteiger partial charge in [-0.1, -0.05) is 5.16 Å². The molecule has 2 atom stereocenters. The lowest BCUT2D eigenvalue weighted by atomic mass is 10.2. The maximum absolute atomic E-state index is 13.2. The van der Waals surface area contributed by atoms with Crippen molar-refractivity contribution >= 4 is 0 Å². The first-order valence-electron chi connectivity index (χ1n) is 5.87. The summed E-state index contributed by atoms with van der Waals surface area (Å²) in [5.41, 5.74) is 0.420. The van der Waals surface area contributed by atoms with Crippen molar-refractivity contribution in [3.8, 4) is 17.1 Å². The van der Waals surface area contributed by atoms with Gasteiger partial charge in [0.05, 0.1) is 12.1 Å². The zero-order chi connectivity index (χ0) is 13.4. The fourth-order valence-corrected chi connectivity index (χ4v) is 2.05. The number of aliphatic hydroxyl groups is 1. The number of hydrogen-bond acceptors (Lipinski definition) is 6. The summed E-state index contributed by atoms with van der Waals surface area (Å²) in [4.78, 5) is 4.17. The van der Waals surface area contributed by atoms with E-state index in [-0.39, 0.29) is 11.9 Å². The highest BCUT2D eigenvalue weighted by Gasteiger charge is 2.28. The summed E-state index contributed by atoms with van der Waals surface area (Å²) in [5.74, 6) is -0.552. The van der Waals surface area contributed by atoms with Crippen LogP contribution >= 0.6 is 0 Å². The Morgan fingerprint density at radius 1 is 1.42 bits per heavy atom. The normalized spacial score (nSPS) is 22.8. The van der Waals surface area contributed by atoms with Crippen LogP contribution < -0.4 is 5.32 Å². The number of hydrogen-bond donors (Lipinski definition) is 3. The lowest BCUT2D eigenvalue weighted by Crippen LogP contribution is -2.15. The first kappa shape index (κ1) is 12.1. The third-order valence-electron chi connectivity index (χ3n) is 3.05. The number of aliphatic hydroxyl groups excluding tert-OH is 1. The first-order valence-corrected chi connectivity index (χ1v) is 5.87. The van der Waals surface area contributed by atoms with Crippen LogP contribution in [0.2, 0.25) is 0 Å². The van der Waals surface area contributed by atoms with Gasteiger partial charge >= 0.3 is 0 Å². The van der Waals surface area contributed by atoms with E-state index in [9.17, 15) is 9.50 Å². The highest BCUT2D eigenvalue weighted by Crippen LogP contribution is 2.26. The van der Waals surface area contributed by atoms with Gasteiger partial charge in [-0.3, -0.25) is 0 Å². The van der Waals surface area contributed by atoms with E-state index in [0.717, 1.165) is 6.07 Å². The molecule has 19 heavy (non-hydrogen) atoms. The first-order chi connectivity index (χ1) is 9.13. The molecule has 0 aliphatic carbocycles. The lowest BCUT2D eigenvalue weighted by molar-refractivity contribution is 0.191. The Labute approximate surface area is 107 Å². The predicted octanol–water partition coefficient (Wildman–Crippen LogP) is 0.977. The average molecular weight is 265 g/mol. The van der Waals surface area contributed by atoms with E-state index in [1.165, 1.54) is 12.1 Å². The summed E-state index contributed by atoms with van der Waals surface area (Å²) in [7, 11) is 0. The molecule has 0 amide bonds. The molecular formula is C12H12FN3O3. The molecule has 2 heterocycles. The maximum Gasteiger partial charge on any atom is 0.244 e. The molecule has 0 saturated carbocycles. The zero-order valence-electron chi connectivity index (χ0n) is 9.88. The van der Waals surface area contributed by atoms with E-state index >= 15 is 0 Å². The van der Waals surface area contributed by atoms with Gasteiger partial charge in [0.2, 0.25) is 11.7 Å². The number of β-amino-alcohol motifs (C(OH)–C–C–N with tert-alkyl or cyclic N) is 1. The minimum Gasteiger partial charge on any atom is -0.505 e. The van der Waals surface area contributed by atoms with Crippen LogP contribution in [-0.4, -0.2) is 33.0 Å². The molecule has 1 saturated heterocycles. The zero-order valence-corrected chi connectivity index (χ0v) is 9.88. The number of benzene rings is 1. The Bertz CT molecular complexity index is 602. The van der Waals surface area contributed by atoms with Gasteiger partial charge in [0, 0.05) is 12.1 Å². The van der Waals surface area contributed by atoms with Crippen LogP contribution in [0, 0.1) is 5.82 Å². The van der Waals surface area contributed by atoms with E-state index in [0.29, 0.717) is 24.4 Å². The minimum atomic E-state index is -0.738. The predicted molar refractivity (Wildman–Crippen MR) is 62.7 cm³/mol. The fourth-order valence-electron chi connectivity index (χ4n) is 2.05. The van der Waals surface area contributed by atoms with E-state index in [2.05, 4.69) is 15.5 Å². The fraction of sp³-hybridized carbons (Fsp3) is 0.333. The molecule has 7 heteroatoms. The molecule has 1 aromatic carbocycles. The second-order valence-corrected chi connectivity index (χ2v) is 4.47.